The third kappa shape index (κ3) is 7.76. The Kier molecular flexibility index (Phi) is 12.7. The molecular formula is C39H64N6O5. The molecule has 3 aliphatic carbocycles. The summed E-state index contributed by atoms with van der Waals surface area (Å²) in [6.07, 6.45) is 14.0. The van der Waals surface area contributed by atoms with Crippen LogP contribution in [0.1, 0.15) is 98.8 Å². The van der Waals surface area contributed by atoms with Crippen molar-refractivity contribution in [3.63, 3.8) is 0 Å². The monoisotopic (exact) mass is 696 g/mol. The molecule has 0 spiro atoms. The Labute approximate surface area is 299 Å². The van der Waals surface area contributed by atoms with Gasteiger partial charge in [0.25, 0.3) is 5.60 Å². The Morgan fingerprint density at radius 1 is 1.16 bits per heavy atom. The first-order valence-corrected chi connectivity index (χ1v) is 19.4. The summed E-state index contributed by atoms with van der Waals surface area (Å²) >= 11 is 0. The van der Waals surface area contributed by atoms with Gasteiger partial charge < -0.3 is 36.9 Å². The normalized spacial score (nSPS) is 38.0. The van der Waals surface area contributed by atoms with Crippen molar-refractivity contribution < 1.29 is 23.9 Å². The number of hydrogen-bond acceptors (Lipinski definition) is 9. The maximum absolute atomic E-state index is 14.8. The number of fused-ring (bicyclic) bond motifs is 2. The van der Waals surface area contributed by atoms with Crippen LogP contribution in [0.2, 0.25) is 0 Å². The lowest BCUT2D eigenvalue weighted by molar-refractivity contribution is -0.161. The van der Waals surface area contributed by atoms with E-state index in [0.717, 1.165) is 63.6 Å². The first-order valence-electron chi connectivity index (χ1n) is 19.4. The van der Waals surface area contributed by atoms with Gasteiger partial charge >= 0.3 is 5.97 Å². The van der Waals surface area contributed by atoms with E-state index in [1.807, 2.05) is 13.0 Å². The Morgan fingerprint density at radius 3 is 2.62 bits per heavy atom. The minimum Gasteiger partial charge on any atom is -0.463 e. The molecule has 11 heteroatoms. The van der Waals surface area contributed by atoms with Crippen molar-refractivity contribution in [2.45, 2.75) is 128 Å². The third-order valence-corrected chi connectivity index (χ3v) is 12.3. The van der Waals surface area contributed by atoms with Gasteiger partial charge in [-0.25, -0.2) is 4.79 Å². The van der Waals surface area contributed by atoms with E-state index in [4.69, 9.17) is 20.9 Å². The van der Waals surface area contributed by atoms with Crippen LogP contribution in [0.4, 0.5) is 0 Å². The second-order valence-corrected chi connectivity index (χ2v) is 16.2. The molecule has 0 amide bonds. The lowest BCUT2D eigenvalue weighted by Crippen LogP contribution is -2.60. The highest BCUT2D eigenvalue weighted by atomic mass is 16.7. The first kappa shape index (κ1) is 38.6. The standard InChI is InChI=1S/C39H64N6O5/c1-7-25-12-13-30(43-8-2)28(20-25)22-49-36(48)39-35(47)33-27(18-23(3)4)10-9-11-29(33)34(46)38(39,50-39)16-14-24(5)19-31(45-37(41)42-6)26-15-17-44-32(40)21-26/h12-14,23,25-33,43-44H,7-11,15-22,40H2,1-6H3,(H3,41,42,45). The number of hydrogen-bond donors (Lipinski definition) is 5. The van der Waals surface area contributed by atoms with E-state index >= 15 is 0 Å². The van der Waals surface area contributed by atoms with Crippen LogP contribution in [0, 0.1) is 41.4 Å². The molecule has 4 fully saturated rings. The zero-order valence-corrected chi connectivity index (χ0v) is 31.3. The predicted molar refractivity (Wildman–Crippen MR) is 196 cm³/mol. The van der Waals surface area contributed by atoms with E-state index in [9.17, 15) is 14.4 Å². The Morgan fingerprint density at radius 2 is 1.94 bits per heavy atom. The molecule has 2 aliphatic heterocycles. The van der Waals surface area contributed by atoms with E-state index in [0.29, 0.717) is 30.6 Å². The fourth-order valence-corrected chi connectivity index (χ4v) is 9.65. The number of likely N-dealkylation sites (N-methyl/N-ethyl adjacent to an activating group) is 1. The lowest BCUT2D eigenvalue weighted by atomic mass is 9.57. The molecule has 2 saturated carbocycles. The minimum absolute atomic E-state index is 0.0141. The summed E-state index contributed by atoms with van der Waals surface area (Å²) in [6, 6.07) is 0.0630. The van der Waals surface area contributed by atoms with Crippen molar-refractivity contribution in [1.82, 2.24) is 16.0 Å². The van der Waals surface area contributed by atoms with Gasteiger partial charge in [-0.1, -0.05) is 57.9 Å². The van der Waals surface area contributed by atoms with Crippen LogP contribution < -0.4 is 27.4 Å². The number of ether oxygens (including phenoxy) is 2. The highest BCUT2D eigenvalue weighted by molar-refractivity contribution is 6.23. The highest BCUT2D eigenvalue weighted by Gasteiger charge is 2.87. The summed E-state index contributed by atoms with van der Waals surface area (Å²) < 4.78 is 12.5. The number of carbonyl (C=O) groups is 3. The van der Waals surface area contributed by atoms with Gasteiger partial charge in [0.05, 0.1) is 12.8 Å². The van der Waals surface area contributed by atoms with E-state index in [2.05, 4.69) is 60.8 Å². The molecule has 5 aliphatic rings. The van der Waals surface area contributed by atoms with Crippen LogP contribution >= 0.6 is 0 Å². The van der Waals surface area contributed by atoms with Gasteiger partial charge in [0, 0.05) is 43.3 Å². The first-order chi connectivity index (χ1) is 23.9. The molecule has 0 bridgehead atoms. The maximum Gasteiger partial charge on any atom is 0.350 e. The molecule has 2 heterocycles. The van der Waals surface area contributed by atoms with Crippen molar-refractivity contribution in [3.8, 4) is 0 Å². The van der Waals surface area contributed by atoms with Gasteiger partial charge in [-0.15, -0.1) is 0 Å². The molecule has 0 aromatic rings. The maximum atomic E-state index is 14.8. The van der Waals surface area contributed by atoms with E-state index in [-0.39, 0.29) is 60.6 Å². The zero-order chi connectivity index (χ0) is 36.2. The van der Waals surface area contributed by atoms with E-state index < -0.39 is 29.0 Å². The van der Waals surface area contributed by atoms with E-state index in [1.54, 1.807) is 7.05 Å². The van der Waals surface area contributed by atoms with Crippen LogP contribution in [0.5, 0.6) is 0 Å². The van der Waals surface area contributed by atoms with Crippen molar-refractivity contribution in [2.24, 2.45) is 57.9 Å². The number of nitrogens with two attached hydrogens (primary N) is 2. The van der Waals surface area contributed by atoms with Gasteiger partial charge in [0.15, 0.2) is 23.1 Å². The number of epoxide rings is 1. The number of carbonyl (C=O) groups excluding carboxylic acids is 3. The fraction of sp³-hybridized carbons (Fsp3) is 0.795. The average molecular weight is 697 g/mol. The van der Waals surface area contributed by atoms with Crippen molar-refractivity contribution in [2.75, 3.05) is 26.7 Å². The Hall–Kier alpha value is -2.60. The van der Waals surface area contributed by atoms with Crippen LogP contribution in [-0.4, -0.2) is 79.7 Å². The third-order valence-electron chi connectivity index (χ3n) is 12.3. The molecule has 0 radical (unpaired) electrons. The molecule has 50 heavy (non-hydrogen) atoms. The highest BCUT2D eigenvalue weighted by Crippen LogP contribution is 2.62. The molecule has 280 valence electrons. The summed E-state index contributed by atoms with van der Waals surface area (Å²) in [6.45, 7) is 12.3. The van der Waals surface area contributed by atoms with Gasteiger partial charge in [-0.05, 0) is 95.1 Å². The van der Waals surface area contributed by atoms with Crippen molar-refractivity contribution in [1.29, 1.82) is 0 Å². The molecule has 5 rings (SSSR count). The number of esters is 1. The molecule has 0 aromatic heterocycles. The number of piperidine rings is 1. The molecule has 11 atom stereocenters. The van der Waals surface area contributed by atoms with Crippen LogP contribution in [0.25, 0.3) is 0 Å². The van der Waals surface area contributed by atoms with Crippen LogP contribution in [0.3, 0.4) is 0 Å². The quantitative estimate of drug-likeness (QED) is 0.0450. The molecule has 0 aromatic carbocycles. The summed E-state index contributed by atoms with van der Waals surface area (Å²) in [5.74, 6) is -0.450. The molecule has 11 unspecified atom stereocenters. The summed E-state index contributed by atoms with van der Waals surface area (Å²) in [5, 5.41) is 10.2. The summed E-state index contributed by atoms with van der Waals surface area (Å²) in [5.41, 5.74) is 9.97. The second kappa shape index (κ2) is 16.4. The van der Waals surface area contributed by atoms with Gasteiger partial charge in [0.2, 0.25) is 0 Å². The van der Waals surface area contributed by atoms with Crippen LogP contribution in [0.15, 0.2) is 28.8 Å². The SMILES string of the molecule is CCNC1C=CC(CC)CC1COC(=O)C12OC1(CC=C(C)CC(NC(N)=NC)C1CCNC(N)C1)C(=O)C1CCCC(CC(C)C)C1C2=O. The number of ketones is 2. The Bertz CT molecular complexity index is 1330. The fourth-order valence-electron chi connectivity index (χ4n) is 9.65. The molecule has 7 N–H and O–H groups in total. The topological polar surface area (TPSA) is 173 Å². The molecular weight excluding hydrogens is 632 g/mol. The number of nitrogens with one attached hydrogen (secondary N) is 3. The minimum atomic E-state index is -1.89. The summed E-state index contributed by atoms with van der Waals surface area (Å²) in [4.78, 5) is 47.9. The molecule has 2 saturated heterocycles. The second-order valence-electron chi connectivity index (χ2n) is 16.2. The number of nitrogens with zero attached hydrogens (tertiary/aromatic N) is 1. The van der Waals surface area contributed by atoms with E-state index in [1.165, 1.54) is 0 Å². The number of rotatable bonds is 14. The van der Waals surface area contributed by atoms with Gasteiger partial charge in [0.1, 0.15) is 0 Å². The number of aliphatic imine (C=N–C) groups is 1. The zero-order valence-electron chi connectivity index (χ0n) is 31.3. The lowest BCUT2D eigenvalue weighted by Gasteiger charge is -2.42. The van der Waals surface area contributed by atoms with Crippen molar-refractivity contribution in [3.05, 3.63) is 23.8 Å². The smallest absolute Gasteiger partial charge is 0.350 e. The predicted octanol–water partition coefficient (Wildman–Crippen LogP) is 3.76. The number of guanidine groups is 1. The summed E-state index contributed by atoms with van der Waals surface area (Å²) in [7, 11) is 1.65. The number of allylic oxidation sites excluding steroid dienone is 1. The number of Topliss-reactive ketones (excluding diaryl/α,β-unsaturated/α-hetero) is 2. The largest absolute Gasteiger partial charge is 0.463 e. The Balaban J connectivity index is 1.41. The van der Waals surface area contributed by atoms with Crippen molar-refractivity contribution >= 4 is 23.5 Å². The van der Waals surface area contributed by atoms with Gasteiger partial charge in [-0.2, -0.15) is 0 Å². The average Bonchev–Trinajstić information content (AvgIpc) is 3.81. The van der Waals surface area contributed by atoms with Gasteiger partial charge in [-0.3, -0.25) is 14.6 Å². The molecule has 11 nitrogen and oxygen atoms in total. The van der Waals surface area contributed by atoms with Crippen LogP contribution in [-0.2, 0) is 23.9 Å².